The number of ketones is 2. The van der Waals surface area contributed by atoms with Gasteiger partial charge in [-0.05, 0) is 26.0 Å². The van der Waals surface area contributed by atoms with Crippen LogP contribution in [0.2, 0.25) is 0 Å². The van der Waals surface area contributed by atoms with E-state index < -0.39 is 23.4 Å². The van der Waals surface area contributed by atoms with Crippen LogP contribution in [0.5, 0.6) is 0 Å². The molecule has 0 heterocycles. The summed E-state index contributed by atoms with van der Waals surface area (Å²) in [5.74, 6) is -2.62. The normalized spacial score (nSPS) is 11.3. The van der Waals surface area contributed by atoms with Crippen molar-refractivity contribution in [1.82, 2.24) is 10.9 Å². The predicted octanol–water partition coefficient (Wildman–Crippen LogP) is 1.54. The lowest BCUT2D eigenvalue weighted by Crippen LogP contribution is -2.18. The SMILES string of the molecule is CC(=CC(=O)c1ccc(C(=O)C=C(C)C(=O)NN=O)cc1)C(=O)NN=O. The summed E-state index contributed by atoms with van der Waals surface area (Å²) in [6.45, 7) is 2.67. The summed E-state index contributed by atoms with van der Waals surface area (Å²) in [6, 6.07) is 5.47. The Morgan fingerprint density at radius 3 is 1.31 bits per heavy atom. The number of nitroso groups, excluding NO2 is 2. The minimum absolute atomic E-state index is 0.0110. The zero-order valence-corrected chi connectivity index (χ0v) is 13.8. The summed E-state index contributed by atoms with van der Waals surface area (Å²) < 4.78 is 0. The van der Waals surface area contributed by atoms with Crippen molar-refractivity contribution in [2.24, 2.45) is 10.6 Å². The van der Waals surface area contributed by atoms with Gasteiger partial charge in [0, 0.05) is 22.3 Å². The second kappa shape index (κ2) is 9.47. The molecular formula is C16H14N4O6. The maximum absolute atomic E-state index is 12.0. The second-order valence-corrected chi connectivity index (χ2v) is 5.02. The second-order valence-electron chi connectivity index (χ2n) is 5.02. The van der Waals surface area contributed by atoms with Crippen molar-refractivity contribution >= 4 is 23.4 Å². The number of hydrogen-bond acceptors (Lipinski definition) is 8. The predicted molar refractivity (Wildman–Crippen MR) is 90.5 cm³/mol. The molecular weight excluding hydrogens is 344 g/mol. The Bertz CT molecular complexity index is 755. The average molecular weight is 358 g/mol. The number of benzene rings is 1. The van der Waals surface area contributed by atoms with E-state index in [1.54, 1.807) is 10.9 Å². The Morgan fingerprint density at radius 1 is 0.731 bits per heavy atom. The molecule has 1 aromatic rings. The highest BCUT2D eigenvalue weighted by molar-refractivity contribution is 6.11. The van der Waals surface area contributed by atoms with Gasteiger partial charge in [0.25, 0.3) is 11.8 Å². The molecule has 0 aliphatic rings. The molecule has 0 bridgehead atoms. The van der Waals surface area contributed by atoms with Crippen LogP contribution < -0.4 is 10.9 Å². The van der Waals surface area contributed by atoms with E-state index in [1.165, 1.54) is 38.1 Å². The summed E-state index contributed by atoms with van der Waals surface area (Å²) in [5.41, 5.74) is 3.71. The van der Waals surface area contributed by atoms with Crippen LogP contribution in [-0.2, 0) is 9.59 Å². The van der Waals surface area contributed by atoms with Gasteiger partial charge in [0.05, 0.1) is 10.6 Å². The molecule has 0 atom stereocenters. The third kappa shape index (κ3) is 5.67. The highest BCUT2D eigenvalue weighted by Crippen LogP contribution is 2.10. The highest BCUT2D eigenvalue weighted by atomic mass is 16.3. The van der Waals surface area contributed by atoms with E-state index in [2.05, 4.69) is 10.6 Å². The minimum Gasteiger partial charge on any atom is -0.289 e. The van der Waals surface area contributed by atoms with Crippen molar-refractivity contribution in [3.63, 3.8) is 0 Å². The fraction of sp³-hybridized carbons (Fsp3) is 0.125. The van der Waals surface area contributed by atoms with Gasteiger partial charge in [0.15, 0.2) is 11.6 Å². The summed E-state index contributed by atoms with van der Waals surface area (Å²) in [7, 11) is 0. The summed E-state index contributed by atoms with van der Waals surface area (Å²) >= 11 is 0. The Morgan fingerprint density at radius 2 is 1.04 bits per heavy atom. The molecule has 0 saturated heterocycles. The third-order valence-corrected chi connectivity index (χ3v) is 3.16. The molecule has 10 nitrogen and oxygen atoms in total. The Kier molecular flexibility index (Phi) is 7.37. The lowest BCUT2D eigenvalue weighted by atomic mass is 10.0. The lowest BCUT2D eigenvalue weighted by Gasteiger charge is -2.01. The number of carbonyl (C=O) groups is 4. The Hall–Kier alpha value is -3.82. The molecule has 0 radical (unpaired) electrons. The maximum atomic E-state index is 12.0. The first kappa shape index (κ1) is 20.2. The van der Waals surface area contributed by atoms with Crippen LogP contribution in [0, 0.1) is 9.81 Å². The van der Waals surface area contributed by atoms with Crippen LogP contribution in [-0.4, -0.2) is 23.4 Å². The van der Waals surface area contributed by atoms with E-state index in [9.17, 15) is 29.0 Å². The van der Waals surface area contributed by atoms with Gasteiger partial charge < -0.3 is 0 Å². The zero-order valence-electron chi connectivity index (χ0n) is 13.8. The quantitative estimate of drug-likeness (QED) is 0.311. The van der Waals surface area contributed by atoms with Gasteiger partial charge in [-0.15, -0.1) is 9.81 Å². The summed E-state index contributed by atoms with van der Waals surface area (Å²) in [5, 5.41) is 4.44. The van der Waals surface area contributed by atoms with E-state index in [0.29, 0.717) is 0 Å². The van der Waals surface area contributed by atoms with E-state index >= 15 is 0 Å². The van der Waals surface area contributed by atoms with Crippen LogP contribution in [0.1, 0.15) is 34.6 Å². The van der Waals surface area contributed by atoms with Crippen molar-refractivity contribution in [2.75, 3.05) is 0 Å². The summed E-state index contributed by atoms with van der Waals surface area (Å²) in [6.07, 6.45) is 2.05. The van der Waals surface area contributed by atoms with Crippen molar-refractivity contribution in [3.8, 4) is 0 Å². The highest BCUT2D eigenvalue weighted by Gasteiger charge is 2.11. The molecule has 0 unspecified atom stereocenters. The third-order valence-electron chi connectivity index (χ3n) is 3.16. The van der Waals surface area contributed by atoms with Crippen LogP contribution in [0.4, 0.5) is 0 Å². The standard InChI is InChI=1S/C16H14N4O6/c1-9(15(23)17-19-25)7-13(21)11-3-5-12(6-4-11)14(22)8-10(2)16(24)18-20-26/h3-8H,1-2H3,(H,17,23,25)(H,18,24,26). The molecule has 10 heteroatoms. The average Bonchev–Trinajstić information content (AvgIpc) is 2.62. The van der Waals surface area contributed by atoms with Crippen LogP contribution >= 0.6 is 0 Å². The largest absolute Gasteiger partial charge is 0.289 e. The number of allylic oxidation sites excluding steroid dienone is 2. The smallest absolute Gasteiger partial charge is 0.269 e. The molecule has 0 aliphatic carbocycles. The molecule has 2 N–H and O–H groups in total. The first-order valence-electron chi connectivity index (χ1n) is 7.10. The van der Waals surface area contributed by atoms with Gasteiger partial charge >= 0.3 is 0 Å². The van der Waals surface area contributed by atoms with Crippen molar-refractivity contribution < 1.29 is 19.2 Å². The number of nitrogens with zero attached hydrogens (tertiary/aromatic N) is 2. The molecule has 0 spiro atoms. The zero-order chi connectivity index (χ0) is 19.7. The number of amides is 2. The first-order chi connectivity index (χ1) is 12.3. The van der Waals surface area contributed by atoms with Crippen molar-refractivity contribution in [3.05, 3.63) is 68.5 Å². The van der Waals surface area contributed by atoms with Crippen molar-refractivity contribution in [1.29, 1.82) is 0 Å². The fourth-order valence-electron chi connectivity index (χ4n) is 1.75. The van der Waals surface area contributed by atoms with Gasteiger partial charge in [-0.1, -0.05) is 24.3 Å². The Labute approximate surface area is 147 Å². The van der Waals surface area contributed by atoms with Gasteiger partial charge in [0.1, 0.15) is 0 Å². The van der Waals surface area contributed by atoms with Gasteiger partial charge in [-0.2, -0.15) is 0 Å². The molecule has 134 valence electrons. The van der Waals surface area contributed by atoms with Gasteiger partial charge in [-0.3, -0.25) is 19.2 Å². The monoisotopic (exact) mass is 358 g/mol. The molecule has 0 fully saturated rings. The topological polar surface area (TPSA) is 151 Å². The summed E-state index contributed by atoms with van der Waals surface area (Å²) in [4.78, 5) is 66.6. The molecule has 0 saturated carbocycles. The fourth-order valence-corrected chi connectivity index (χ4v) is 1.75. The maximum Gasteiger partial charge on any atom is 0.269 e. The molecule has 0 aromatic heterocycles. The molecule has 26 heavy (non-hydrogen) atoms. The molecule has 0 aliphatic heterocycles. The molecule has 1 aromatic carbocycles. The van der Waals surface area contributed by atoms with Crippen molar-refractivity contribution in [2.45, 2.75) is 13.8 Å². The van der Waals surface area contributed by atoms with Crippen LogP contribution in [0.15, 0.2) is 58.1 Å². The molecule has 2 amide bonds. The minimum atomic E-state index is -0.802. The number of rotatable bonds is 8. The lowest BCUT2D eigenvalue weighted by molar-refractivity contribution is -0.118. The number of hydrogen-bond donors (Lipinski definition) is 2. The first-order valence-corrected chi connectivity index (χ1v) is 7.10. The molecule has 1 rings (SSSR count). The van der Waals surface area contributed by atoms with E-state index in [0.717, 1.165) is 12.2 Å². The van der Waals surface area contributed by atoms with E-state index in [1.807, 2.05) is 0 Å². The van der Waals surface area contributed by atoms with Crippen LogP contribution in [0.3, 0.4) is 0 Å². The van der Waals surface area contributed by atoms with E-state index in [-0.39, 0.29) is 22.3 Å². The number of carbonyl (C=O) groups excluding carboxylic acids is 4. The Balaban J connectivity index is 2.91. The van der Waals surface area contributed by atoms with Crippen LogP contribution in [0.25, 0.3) is 0 Å². The van der Waals surface area contributed by atoms with Gasteiger partial charge in [-0.25, -0.2) is 10.9 Å². The van der Waals surface area contributed by atoms with Gasteiger partial charge in [0.2, 0.25) is 0 Å². The number of nitrogens with one attached hydrogen (secondary N) is 2. The van der Waals surface area contributed by atoms with E-state index in [4.69, 9.17) is 0 Å².